The minimum absolute atomic E-state index is 0.0497. The van der Waals surface area contributed by atoms with E-state index in [0.29, 0.717) is 0 Å². The highest BCUT2D eigenvalue weighted by atomic mass is 35.5. The van der Waals surface area contributed by atoms with E-state index in [1.165, 1.54) is 11.9 Å². The molecule has 1 nitrogen and oxygen atoms in total. The first-order chi connectivity index (χ1) is 5.27. The molecule has 0 bridgehead atoms. The van der Waals surface area contributed by atoms with Crippen LogP contribution in [0.3, 0.4) is 0 Å². The summed E-state index contributed by atoms with van der Waals surface area (Å²) in [5.74, 6) is -3.47. The van der Waals surface area contributed by atoms with Crippen LogP contribution >= 0.6 is 11.6 Å². The third-order valence-electron chi connectivity index (χ3n) is 1.66. The van der Waals surface area contributed by atoms with E-state index in [4.69, 9.17) is 0 Å². The van der Waals surface area contributed by atoms with Gasteiger partial charge >= 0.3 is 5.92 Å². The smallest absolute Gasteiger partial charge is 0.298 e. The predicted molar refractivity (Wildman–Crippen MR) is 43.5 cm³/mol. The lowest BCUT2D eigenvalue weighted by molar-refractivity contribution is -0.0659. The van der Waals surface area contributed by atoms with Gasteiger partial charge < -0.3 is 0 Å². The molecule has 0 aliphatic heterocycles. The Labute approximate surface area is 75.5 Å². The van der Waals surface area contributed by atoms with E-state index in [2.05, 4.69) is 11.6 Å². The molecule has 0 aromatic heterocycles. The maximum Gasteiger partial charge on any atom is 0.304 e. The van der Waals surface area contributed by atoms with E-state index in [0.717, 1.165) is 0 Å². The summed E-state index contributed by atoms with van der Waals surface area (Å²) in [5, 5.41) is 0. The molecule has 0 radical (unpaired) electrons. The summed E-state index contributed by atoms with van der Waals surface area (Å²) in [4.78, 5) is 1.34. The number of alkyl halides is 4. The van der Waals surface area contributed by atoms with Crippen LogP contribution in [-0.2, 0) is 0 Å². The molecule has 0 saturated heterocycles. The Morgan fingerprint density at radius 2 is 1.83 bits per heavy atom. The molecule has 74 valence electrons. The van der Waals surface area contributed by atoms with Crippen molar-refractivity contribution < 1.29 is 13.2 Å². The summed E-state index contributed by atoms with van der Waals surface area (Å²) in [7, 11) is 1.50. The van der Waals surface area contributed by atoms with Gasteiger partial charge in [-0.15, -0.1) is 0 Å². The van der Waals surface area contributed by atoms with Gasteiger partial charge in [0, 0.05) is 6.04 Å². The molecule has 0 aliphatic carbocycles. The van der Waals surface area contributed by atoms with Crippen LogP contribution in [0.25, 0.3) is 0 Å². The second-order valence-electron chi connectivity index (χ2n) is 3.07. The van der Waals surface area contributed by atoms with Gasteiger partial charge in [-0.3, -0.25) is 4.90 Å². The van der Waals surface area contributed by atoms with Gasteiger partial charge in [-0.25, -0.2) is 13.2 Å². The monoisotopic (exact) mass is 203 g/mol. The van der Waals surface area contributed by atoms with Gasteiger partial charge in [0.25, 0.3) is 0 Å². The van der Waals surface area contributed by atoms with Crippen LogP contribution in [0.1, 0.15) is 13.8 Å². The van der Waals surface area contributed by atoms with E-state index < -0.39 is 18.1 Å². The summed E-state index contributed by atoms with van der Waals surface area (Å²) < 4.78 is 37.3. The predicted octanol–water partition coefficient (Wildman–Crippen LogP) is 2.50. The molecule has 1 atom stereocenters. The molecular weight excluding hydrogens is 191 g/mol. The first-order valence-electron chi connectivity index (χ1n) is 3.63. The summed E-state index contributed by atoms with van der Waals surface area (Å²) in [6.45, 7) is 2.84. The maximum atomic E-state index is 12.6. The maximum absolute atomic E-state index is 12.6. The van der Waals surface area contributed by atoms with E-state index in [1.54, 1.807) is 13.8 Å². The summed E-state index contributed by atoms with van der Waals surface area (Å²) >= 11 is 4.67. The van der Waals surface area contributed by atoms with E-state index in [-0.39, 0.29) is 6.04 Å². The number of hydrogen-bond donors (Lipinski definition) is 0. The lowest BCUT2D eigenvalue weighted by Gasteiger charge is -2.26. The molecule has 5 heteroatoms. The normalized spacial score (nSPS) is 15.8. The second-order valence-corrected chi connectivity index (χ2v) is 3.45. The van der Waals surface area contributed by atoms with Crippen molar-refractivity contribution in [3.63, 3.8) is 0 Å². The van der Waals surface area contributed by atoms with Crippen LogP contribution in [0.5, 0.6) is 0 Å². The molecule has 0 aromatic carbocycles. The first-order valence-corrected chi connectivity index (χ1v) is 4.07. The van der Waals surface area contributed by atoms with Crippen molar-refractivity contribution in [2.75, 3.05) is 13.6 Å². The third kappa shape index (κ3) is 3.63. The SMILES string of the molecule is CC(C)N(C)CC(F)(F)C(F)Cl. The number of halogens is 4. The lowest BCUT2D eigenvalue weighted by atomic mass is 10.3. The van der Waals surface area contributed by atoms with Crippen LogP contribution in [0.4, 0.5) is 13.2 Å². The van der Waals surface area contributed by atoms with Gasteiger partial charge in [-0.05, 0) is 20.9 Å². The van der Waals surface area contributed by atoms with Crippen molar-refractivity contribution in [1.82, 2.24) is 4.90 Å². The standard InChI is InChI=1S/C7H13ClF3N/c1-5(2)12(3)4-7(10,11)6(8)9/h5-6H,4H2,1-3H3. The third-order valence-corrected chi connectivity index (χ3v) is 1.98. The Balaban J connectivity index is 4.05. The van der Waals surface area contributed by atoms with Crippen LogP contribution in [0.15, 0.2) is 0 Å². The average Bonchev–Trinajstić information content (AvgIpc) is 1.85. The molecule has 0 spiro atoms. The Morgan fingerprint density at radius 3 is 2.08 bits per heavy atom. The minimum Gasteiger partial charge on any atom is -0.298 e. The summed E-state index contributed by atoms with van der Waals surface area (Å²) in [6, 6.07) is -0.0497. The molecule has 0 rings (SSSR count). The van der Waals surface area contributed by atoms with E-state index in [9.17, 15) is 13.2 Å². The molecule has 0 aromatic rings. The van der Waals surface area contributed by atoms with Crippen LogP contribution in [-0.4, -0.2) is 36.1 Å². The Kier molecular flexibility index (Phi) is 4.34. The average molecular weight is 204 g/mol. The highest BCUT2D eigenvalue weighted by Gasteiger charge is 2.40. The van der Waals surface area contributed by atoms with Gasteiger partial charge in [0.15, 0.2) is 0 Å². The minimum atomic E-state index is -3.47. The fourth-order valence-electron chi connectivity index (χ4n) is 0.584. The zero-order valence-corrected chi connectivity index (χ0v) is 8.08. The van der Waals surface area contributed by atoms with Gasteiger partial charge in [0.1, 0.15) is 0 Å². The van der Waals surface area contributed by atoms with Crippen LogP contribution < -0.4 is 0 Å². The van der Waals surface area contributed by atoms with Gasteiger partial charge in [-0.2, -0.15) is 0 Å². The largest absolute Gasteiger partial charge is 0.304 e. The molecule has 0 N–H and O–H groups in total. The van der Waals surface area contributed by atoms with Crippen LogP contribution in [0, 0.1) is 0 Å². The fourth-order valence-corrected chi connectivity index (χ4v) is 0.653. The molecule has 0 fully saturated rings. The number of nitrogens with zero attached hydrogens (tertiary/aromatic N) is 1. The zero-order valence-electron chi connectivity index (χ0n) is 7.32. The van der Waals surface area contributed by atoms with E-state index in [1.807, 2.05) is 0 Å². The summed E-state index contributed by atoms with van der Waals surface area (Å²) in [6.07, 6.45) is 0. The molecule has 0 aliphatic rings. The fraction of sp³-hybridized carbons (Fsp3) is 1.00. The highest BCUT2D eigenvalue weighted by molar-refractivity contribution is 6.20. The molecule has 0 amide bonds. The molecule has 0 saturated carbocycles. The van der Waals surface area contributed by atoms with Crippen molar-refractivity contribution in [2.24, 2.45) is 0 Å². The van der Waals surface area contributed by atoms with Gasteiger partial charge in [0.05, 0.1) is 6.54 Å². The van der Waals surface area contributed by atoms with Crippen molar-refractivity contribution in [3.8, 4) is 0 Å². The Hall–Kier alpha value is 0.0400. The number of hydrogen-bond acceptors (Lipinski definition) is 1. The quantitative estimate of drug-likeness (QED) is 0.635. The molecule has 0 heterocycles. The molecule has 12 heavy (non-hydrogen) atoms. The van der Waals surface area contributed by atoms with Crippen molar-refractivity contribution in [3.05, 3.63) is 0 Å². The van der Waals surface area contributed by atoms with E-state index >= 15 is 0 Å². The Bertz CT molecular complexity index is 139. The van der Waals surface area contributed by atoms with Crippen molar-refractivity contribution >= 4 is 11.6 Å². The topological polar surface area (TPSA) is 3.24 Å². The number of rotatable bonds is 4. The lowest BCUT2D eigenvalue weighted by Crippen LogP contribution is -2.42. The molecular formula is C7H13ClF3N. The Morgan fingerprint density at radius 1 is 1.42 bits per heavy atom. The van der Waals surface area contributed by atoms with Crippen LogP contribution in [0.2, 0.25) is 0 Å². The van der Waals surface area contributed by atoms with Crippen molar-refractivity contribution in [2.45, 2.75) is 31.4 Å². The summed E-state index contributed by atoms with van der Waals surface area (Å²) in [5.41, 5.74) is -2.61. The van der Waals surface area contributed by atoms with Crippen molar-refractivity contribution in [1.29, 1.82) is 0 Å². The van der Waals surface area contributed by atoms with Gasteiger partial charge in [0.2, 0.25) is 5.63 Å². The zero-order chi connectivity index (χ0) is 9.94. The highest BCUT2D eigenvalue weighted by Crippen LogP contribution is 2.25. The molecule has 1 unspecified atom stereocenters. The van der Waals surface area contributed by atoms with Gasteiger partial charge in [-0.1, -0.05) is 11.6 Å². The first kappa shape index (κ1) is 12.0. The second kappa shape index (κ2) is 4.33.